The topological polar surface area (TPSA) is 87.3 Å². The average Bonchev–Trinajstić information content (AvgIpc) is 3.09. The molecule has 1 unspecified atom stereocenters. The molecule has 0 heterocycles. The van der Waals surface area contributed by atoms with Crippen LogP contribution >= 0.6 is 11.8 Å². The third-order valence-electron chi connectivity index (χ3n) is 7.41. The highest BCUT2D eigenvalue weighted by Gasteiger charge is 2.24. The van der Waals surface area contributed by atoms with E-state index in [-0.39, 0.29) is 17.2 Å². The molecule has 0 aromatic heterocycles. The minimum Gasteiger partial charge on any atom is -0.324 e. The Labute approximate surface area is 278 Å². The summed E-state index contributed by atoms with van der Waals surface area (Å²) in [5.74, 6) is -1.85. The summed E-state index contributed by atoms with van der Waals surface area (Å²) in [7, 11) is 0. The first-order valence-corrected chi connectivity index (χ1v) is 16.1. The zero-order chi connectivity index (χ0) is 33.2. The van der Waals surface area contributed by atoms with Crippen LogP contribution in [-0.4, -0.2) is 17.7 Å². The van der Waals surface area contributed by atoms with Gasteiger partial charge in [-0.1, -0.05) is 97.9 Å². The molecule has 0 fully saturated rings. The summed E-state index contributed by atoms with van der Waals surface area (Å²) in [6.07, 6.45) is 2.08. The fourth-order valence-electron chi connectivity index (χ4n) is 4.96. The van der Waals surface area contributed by atoms with Crippen LogP contribution in [0.25, 0.3) is 6.08 Å². The van der Waals surface area contributed by atoms with E-state index in [1.165, 1.54) is 30.0 Å². The molecule has 3 amide bonds. The Morgan fingerprint density at radius 3 is 2.19 bits per heavy atom. The quantitative estimate of drug-likeness (QED) is 0.0994. The van der Waals surface area contributed by atoms with Gasteiger partial charge in [0, 0.05) is 27.4 Å². The first kappa shape index (κ1) is 32.9. The van der Waals surface area contributed by atoms with Crippen LogP contribution in [0.2, 0.25) is 0 Å². The molecule has 0 saturated heterocycles. The van der Waals surface area contributed by atoms with Crippen LogP contribution < -0.4 is 16.0 Å². The van der Waals surface area contributed by atoms with Crippen molar-refractivity contribution in [2.24, 2.45) is 0 Å². The summed E-state index contributed by atoms with van der Waals surface area (Å²) in [5.41, 5.74) is 4.48. The van der Waals surface area contributed by atoms with E-state index >= 15 is 0 Å². The molecule has 5 rings (SSSR count). The number of benzene rings is 5. The molecule has 0 saturated carbocycles. The zero-order valence-electron chi connectivity index (χ0n) is 26.0. The largest absolute Gasteiger partial charge is 0.324 e. The number of hydrogen-bond acceptors (Lipinski definition) is 4. The maximum absolute atomic E-state index is 14.6. The first-order valence-electron chi connectivity index (χ1n) is 15.2. The van der Waals surface area contributed by atoms with Gasteiger partial charge in [-0.15, -0.1) is 11.8 Å². The van der Waals surface area contributed by atoms with Crippen LogP contribution in [0, 0.1) is 12.7 Å². The van der Waals surface area contributed by atoms with Gasteiger partial charge in [0.15, 0.2) is 0 Å². The van der Waals surface area contributed by atoms with E-state index in [2.05, 4.69) is 22.9 Å². The maximum atomic E-state index is 14.6. The first-order chi connectivity index (χ1) is 22.8. The molecule has 0 bridgehead atoms. The lowest BCUT2D eigenvalue weighted by Gasteiger charge is -2.20. The summed E-state index contributed by atoms with van der Waals surface area (Å²) < 4.78 is 14.6. The number of amides is 3. The van der Waals surface area contributed by atoms with E-state index in [1.807, 2.05) is 61.5 Å². The van der Waals surface area contributed by atoms with Crippen LogP contribution in [-0.2, 0) is 16.0 Å². The number of nitrogens with one attached hydrogen (secondary N) is 3. The summed E-state index contributed by atoms with van der Waals surface area (Å²) >= 11 is 1.35. The molecule has 0 aliphatic heterocycles. The van der Waals surface area contributed by atoms with Gasteiger partial charge in [-0.3, -0.25) is 14.4 Å². The van der Waals surface area contributed by atoms with Gasteiger partial charge in [0.25, 0.3) is 11.8 Å². The standard InChI is InChI=1S/C39H34FN3O3S/c1-3-27-20-12-14-26(2)35(27)43-39(46)36(28-15-6-4-7-16-28)47-32-22-13-21-31(25-32)41-38(45)34(24-30-19-10-11-23-33(30)40)42-37(44)29-17-8-5-9-18-29/h4-25,36H,3H2,1-2H3,(H,41,45)(H,42,44)(H,43,46)/b34-24-. The number of carbonyl (C=O) groups is 3. The zero-order valence-corrected chi connectivity index (χ0v) is 26.8. The van der Waals surface area contributed by atoms with Gasteiger partial charge in [0.1, 0.15) is 16.8 Å². The van der Waals surface area contributed by atoms with E-state index < -0.39 is 22.9 Å². The van der Waals surface area contributed by atoms with Crippen molar-refractivity contribution in [2.75, 3.05) is 10.6 Å². The van der Waals surface area contributed by atoms with E-state index in [0.29, 0.717) is 11.3 Å². The lowest BCUT2D eigenvalue weighted by atomic mass is 10.1. The van der Waals surface area contributed by atoms with Gasteiger partial charge in [0.2, 0.25) is 5.91 Å². The van der Waals surface area contributed by atoms with E-state index in [0.717, 1.165) is 33.7 Å². The van der Waals surface area contributed by atoms with Gasteiger partial charge in [-0.25, -0.2) is 4.39 Å². The van der Waals surface area contributed by atoms with Crippen molar-refractivity contribution in [3.63, 3.8) is 0 Å². The average molecular weight is 644 g/mol. The number of carbonyl (C=O) groups excluding carboxylic acids is 3. The molecular formula is C39H34FN3O3S. The highest BCUT2D eigenvalue weighted by atomic mass is 32.2. The lowest BCUT2D eigenvalue weighted by Crippen LogP contribution is -2.30. The number of anilines is 2. The molecule has 5 aromatic carbocycles. The second-order valence-electron chi connectivity index (χ2n) is 10.7. The molecule has 236 valence electrons. The van der Waals surface area contributed by atoms with Crippen molar-refractivity contribution in [1.82, 2.24) is 5.32 Å². The Hall–Kier alpha value is -5.47. The van der Waals surface area contributed by atoms with Gasteiger partial charge in [0.05, 0.1) is 0 Å². The SMILES string of the molecule is CCc1cccc(C)c1NC(=O)C(Sc1cccc(NC(=O)/C(=C/c2ccccc2F)NC(=O)c2ccccc2)c1)c1ccccc1. The van der Waals surface area contributed by atoms with Gasteiger partial charge >= 0.3 is 0 Å². The molecule has 5 aromatic rings. The highest BCUT2D eigenvalue weighted by molar-refractivity contribution is 8.00. The number of halogens is 1. The second kappa shape index (κ2) is 15.7. The molecule has 0 aliphatic carbocycles. The minimum atomic E-state index is -0.635. The molecular weight excluding hydrogens is 610 g/mol. The molecule has 3 N–H and O–H groups in total. The van der Waals surface area contributed by atoms with Gasteiger partial charge in [-0.05, 0) is 72.5 Å². The Morgan fingerprint density at radius 1 is 0.787 bits per heavy atom. The van der Waals surface area contributed by atoms with Crippen molar-refractivity contribution in [1.29, 1.82) is 0 Å². The lowest BCUT2D eigenvalue weighted by molar-refractivity contribution is -0.116. The van der Waals surface area contributed by atoms with Crippen molar-refractivity contribution >= 4 is 46.9 Å². The maximum Gasteiger partial charge on any atom is 0.272 e. The smallest absolute Gasteiger partial charge is 0.272 e. The second-order valence-corrected chi connectivity index (χ2v) is 11.9. The fraction of sp³-hybridized carbons (Fsp3) is 0.103. The summed E-state index contributed by atoms with van der Waals surface area (Å²) in [6.45, 7) is 4.03. The third-order valence-corrected chi connectivity index (χ3v) is 8.66. The highest BCUT2D eigenvalue weighted by Crippen LogP contribution is 2.38. The fourth-order valence-corrected chi connectivity index (χ4v) is 6.05. The van der Waals surface area contributed by atoms with Crippen LogP contribution in [0.1, 0.15) is 44.8 Å². The molecule has 47 heavy (non-hydrogen) atoms. The normalized spacial score (nSPS) is 11.8. The monoisotopic (exact) mass is 643 g/mol. The molecule has 0 aliphatic rings. The molecule has 0 radical (unpaired) electrons. The Balaban J connectivity index is 1.40. The van der Waals surface area contributed by atoms with Crippen LogP contribution in [0.3, 0.4) is 0 Å². The minimum absolute atomic E-state index is 0.131. The van der Waals surface area contributed by atoms with Gasteiger partial charge in [-0.2, -0.15) is 0 Å². The number of aryl methyl sites for hydroxylation is 2. The van der Waals surface area contributed by atoms with E-state index in [4.69, 9.17) is 0 Å². The predicted molar refractivity (Wildman–Crippen MR) is 188 cm³/mol. The van der Waals surface area contributed by atoms with Crippen molar-refractivity contribution < 1.29 is 18.8 Å². The van der Waals surface area contributed by atoms with Crippen molar-refractivity contribution in [3.8, 4) is 0 Å². The Morgan fingerprint density at radius 2 is 1.47 bits per heavy atom. The number of rotatable bonds is 11. The van der Waals surface area contributed by atoms with Crippen molar-refractivity contribution in [2.45, 2.75) is 30.4 Å². The summed E-state index contributed by atoms with van der Waals surface area (Å²) in [5, 5.41) is 8.03. The van der Waals surface area contributed by atoms with Crippen LogP contribution in [0.5, 0.6) is 0 Å². The number of hydrogen-bond donors (Lipinski definition) is 3. The third kappa shape index (κ3) is 8.62. The molecule has 8 heteroatoms. The number of para-hydroxylation sites is 1. The van der Waals surface area contributed by atoms with Crippen molar-refractivity contribution in [3.05, 3.63) is 167 Å². The molecule has 0 spiro atoms. The predicted octanol–water partition coefficient (Wildman–Crippen LogP) is 8.58. The van der Waals surface area contributed by atoms with E-state index in [1.54, 1.807) is 60.7 Å². The Kier molecular flexibility index (Phi) is 11.0. The number of thioether (sulfide) groups is 1. The van der Waals surface area contributed by atoms with Crippen LogP contribution in [0.15, 0.2) is 138 Å². The van der Waals surface area contributed by atoms with Crippen LogP contribution in [0.4, 0.5) is 15.8 Å². The Bertz CT molecular complexity index is 1910. The molecule has 6 nitrogen and oxygen atoms in total. The summed E-state index contributed by atoms with van der Waals surface area (Å²) in [6, 6.07) is 37.0. The molecule has 1 atom stereocenters. The van der Waals surface area contributed by atoms with E-state index in [9.17, 15) is 18.8 Å². The summed E-state index contributed by atoms with van der Waals surface area (Å²) in [4.78, 5) is 41.1. The van der Waals surface area contributed by atoms with Gasteiger partial charge < -0.3 is 16.0 Å².